The maximum Gasteiger partial charge on any atom is 0.253 e. The molecule has 2 heterocycles. The average Bonchev–Trinajstić information content (AvgIpc) is 2.88. The highest BCUT2D eigenvalue weighted by atomic mass is 16.5. The van der Waals surface area contributed by atoms with Crippen molar-refractivity contribution >= 4 is 11.8 Å². The minimum absolute atomic E-state index is 0.0174. The fourth-order valence-electron chi connectivity index (χ4n) is 4.24. The van der Waals surface area contributed by atoms with Gasteiger partial charge in [-0.05, 0) is 37.6 Å². The number of likely N-dealkylation sites (N-methyl/N-ethyl adjacent to an activating group) is 1. The largest absolute Gasteiger partial charge is 0.392 e. The van der Waals surface area contributed by atoms with E-state index in [1.807, 2.05) is 9.80 Å². The van der Waals surface area contributed by atoms with E-state index in [9.17, 15) is 14.7 Å². The van der Waals surface area contributed by atoms with Crippen molar-refractivity contribution in [1.82, 2.24) is 14.7 Å². The molecule has 28 heavy (non-hydrogen) atoms. The Hall–Kier alpha value is -1.96. The number of nitrogens with zero attached hydrogens (tertiary/aromatic N) is 3. The average molecular weight is 389 g/mol. The molecule has 3 rings (SSSR count). The Kier molecular flexibility index (Phi) is 6.69. The smallest absolute Gasteiger partial charge is 0.253 e. The highest BCUT2D eigenvalue weighted by Gasteiger charge is 2.43. The third kappa shape index (κ3) is 4.37. The minimum atomic E-state index is -0.170. The molecule has 0 aliphatic carbocycles. The Balaban J connectivity index is 1.72. The predicted octanol–water partition coefficient (Wildman–Crippen LogP) is 0.964. The highest BCUT2D eigenvalue weighted by Crippen LogP contribution is 2.32. The van der Waals surface area contributed by atoms with Crippen LogP contribution in [0.15, 0.2) is 24.3 Å². The predicted molar refractivity (Wildman–Crippen MR) is 106 cm³/mol. The first-order valence-electron chi connectivity index (χ1n) is 9.96. The van der Waals surface area contributed by atoms with Crippen LogP contribution in [0.4, 0.5) is 0 Å². The molecule has 7 heteroatoms. The Labute approximate surface area is 166 Å². The first kappa shape index (κ1) is 20.8. The number of piperazine rings is 1. The van der Waals surface area contributed by atoms with Crippen LogP contribution in [0.2, 0.25) is 0 Å². The third-order valence-electron chi connectivity index (χ3n) is 6.24. The molecule has 154 valence electrons. The van der Waals surface area contributed by atoms with Gasteiger partial charge in [0.2, 0.25) is 5.91 Å². The molecule has 2 saturated heterocycles. The molecule has 0 bridgehead atoms. The first-order valence-corrected chi connectivity index (χ1v) is 9.96. The zero-order valence-corrected chi connectivity index (χ0v) is 16.9. The lowest BCUT2D eigenvalue weighted by Gasteiger charge is -2.49. The van der Waals surface area contributed by atoms with Crippen LogP contribution >= 0.6 is 0 Å². The van der Waals surface area contributed by atoms with E-state index in [-0.39, 0.29) is 24.0 Å². The molecular formula is C21H31N3O4. The van der Waals surface area contributed by atoms with Gasteiger partial charge in [0.1, 0.15) is 0 Å². The molecule has 2 aliphatic heterocycles. The second-order valence-corrected chi connectivity index (χ2v) is 7.85. The summed E-state index contributed by atoms with van der Waals surface area (Å²) in [5.74, 6) is 0.189. The first-order chi connectivity index (χ1) is 13.5. The molecule has 1 aromatic rings. The van der Waals surface area contributed by atoms with Crippen molar-refractivity contribution in [3.8, 4) is 0 Å². The molecule has 0 saturated carbocycles. The van der Waals surface area contributed by atoms with Crippen LogP contribution < -0.4 is 0 Å². The molecule has 2 fully saturated rings. The van der Waals surface area contributed by atoms with Crippen LogP contribution in [0, 0.1) is 0 Å². The normalized spacial score (nSPS) is 23.9. The van der Waals surface area contributed by atoms with Crippen LogP contribution in [0.5, 0.6) is 0 Å². The molecule has 2 aliphatic rings. The number of hydrogen-bond donors (Lipinski definition) is 1. The number of ether oxygens (including phenoxy) is 1. The molecule has 1 aromatic carbocycles. The standard InChI is InChI=1S/C21H31N3O4/c1-22-11-12-24(20(27)18-5-3-17(15-25)4-6-18)16-21(22)8-7-19(26)23(10-9-21)13-14-28-2/h3-6,25H,7-16H2,1-2H3. The quantitative estimate of drug-likeness (QED) is 0.812. The molecule has 7 nitrogen and oxygen atoms in total. The summed E-state index contributed by atoms with van der Waals surface area (Å²) >= 11 is 0. The van der Waals surface area contributed by atoms with Gasteiger partial charge < -0.3 is 19.6 Å². The number of methoxy groups -OCH3 is 1. The molecule has 1 spiro atoms. The summed E-state index contributed by atoms with van der Waals surface area (Å²) in [6.07, 6.45) is 2.12. The Bertz CT molecular complexity index is 693. The van der Waals surface area contributed by atoms with Crippen LogP contribution in [-0.4, -0.2) is 90.6 Å². The van der Waals surface area contributed by atoms with Gasteiger partial charge in [0.05, 0.1) is 13.2 Å². The molecule has 0 aromatic heterocycles. The number of carbonyl (C=O) groups is 2. The van der Waals surface area contributed by atoms with Crippen LogP contribution in [-0.2, 0) is 16.1 Å². The van der Waals surface area contributed by atoms with E-state index in [2.05, 4.69) is 11.9 Å². The zero-order chi connectivity index (χ0) is 20.1. The van der Waals surface area contributed by atoms with Gasteiger partial charge in [0.25, 0.3) is 5.91 Å². The van der Waals surface area contributed by atoms with Crippen LogP contribution in [0.3, 0.4) is 0 Å². The molecule has 1 N–H and O–H groups in total. The van der Waals surface area contributed by atoms with Crippen molar-refractivity contribution < 1.29 is 19.4 Å². The second-order valence-electron chi connectivity index (χ2n) is 7.85. The van der Waals surface area contributed by atoms with Gasteiger partial charge >= 0.3 is 0 Å². The maximum atomic E-state index is 13.0. The topological polar surface area (TPSA) is 73.3 Å². The van der Waals surface area contributed by atoms with Gasteiger partial charge in [0, 0.05) is 57.4 Å². The van der Waals surface area contributed by atoms with Crippen molar-refractivity contribution in [2.45, 2.75) is 31.4 Å². The lowest BCUT2D eigenvalue weighted by molar-refractivity contribution is -0.131. The number of hydrogen-bond acceptors (Lipinski definition) is 5. The summed E-state index contributed by atoms with van der Waals surface area (Å²) < 4.78 is 5.13. The maximum absolute atomic E-state index is 13.0. The van der Waals surface area contributed by atoms with E-state index in [1.165, 1.54) is 0 Å². The molecule has 2 amide bonds. The number of aliphatic hydroxyl groups is 1. The number of amides is 2. The summed E-state index contributed by atoms with van der Waals surface area (Å²) in [5.41, 5.74) is 1.27. The summed E-state index contributed by atoms with van der Waals surface area (Å²) in [5, 5.41) is 9.19. The number of aliphatic hydroxyl groups excluding tert-OH is 1. The monoisotopic (exact) mass is 389 g/mol. The Morgan fingerprint density at radius 1 is 1.18 bits per heavy atom. The van der Waals surface area contributed by atoms with Gasteiger partial charge in [-0.3, -0.25) is 14.5 Å². The van der Waals surface area contributed by atoms with Gasteiger partial charge in [-0.25, -0.2) is 0 Å². The Morgan fingerprint density at radius 3 is 2.61 bits per heavy atom. The van der Waals surface area contributed by atoms with Crippen molar-refractivity contribution in [1.29, 1.82) is 0 Å². The van der Waals surface area contributed by atoms with E-state index in [0.29, 0.717) is 44.8 Å². The van der Waals surface area contributed by atoms with Crippen molar-refractivity contribution in [2.75, 3.05) is 53.5 Å². The second kappa shape index (κ2) is 9.03. The highest BCUT2D eigenvalue weighted by molar-refractivity contribution is 5.94. The summed E-state index contributed by atoms with van der Waals surface area (Å²) in [6.45, 7) is 3.94. The van der Waals surface area contributed by atoms with Gasteiger partial charge in [-0.1, -0.05) is 12.1 Å². The lowest BCUT2D eigenvalue weighted by Crippen LogP contribution is -2.62. The van der Waals surface area contributed by atoms with Crippen molar-refractivity contribution in [3.63, 3.8) is 0 Å². The van der Waals surface area contributed by atoms with E-state index in [1.54, 1.807) is 31.4 Å². The summed E-state index contributed by atoms with van der Waals surface area (Å²) in [7, 11) is 3.75. The minimum Gasteiger partial charge on any atom is -0.392 e. The number of carbonyl (C=O) groups excluding carboxylic acids is 2. The molecular weight excluding hydrogens is 358 g/mol. The van der Waals surface area contributed by atoms with E-state index >= 15 is 0 Å². The van der Waals surface area contributed by atoms with Gasteiger partial charge in [-0.15, -0.1) is 0 Å². The fraction of sp³-hybridized carbons (Fsp3) is 0.619. The van der Waals surface area contributed by atoms with E-state index in [0.717, 1.165) is 24.9 Å². The summed E-state index contributed by atoms with van der Waals surface area (Å²) in [6, 6.07) is 7.14. The number of benzene rings is 1. The zero-order valence-electron chi connectivity index (χ0n) is 16.9. The van der Waals surface area contributed by atoms with Crippen LogP contribution in [0.25, 0.3) is 0 Å². The van der Waals surface area contributed by atoms with E-state index in [4.69, 9.17) is 4.74 Å². The Morgan fingerprint density at radius 2 is 1.93 bits per heavy atom. The fourth-order valence-corrected chi connectivity index (χ4v) is 4.24. The van der Waals surface area contributed by atoms with Gasteiger partial charge in [0.15, 0.2) is 0 Å². The number of likely N-dealkylation sites (tertiary alicyclic amines) is 1. The van der Waals surface area contributed by atoms with E-state index < -0.39 is 0 Å². The van der Waals surface area contributed by atoms with Crippen LogP contribution in [0.1, 0.15) is 35.2 Å². The summed E-state index contributed by atoms with van der Waals surface area (Å²) in [4.78, 5) is 31.7. The van der Waals surface area contributed by atoms with Crippen molar-refractivity contribution in [3.05, 3.63) is 35.4 Å². The third-order valence-corrected chi connectivity index (χ3v) is 6.24. The number of rotatable bonds is 5. The van der Waals surface area contributed by atoms with Crippen molar-refractivity contribution in [2.24, 2.45) is 0 Å². The SMILES string of the molecule is COCCN1CCC2(CCC1=O)CN(C(=O)c1ccc(CO)cc1)CCN2C. The molecule has 0 radical (unpaired) electrons. The molecule has 1 atom stereocenters. The van der Waals surface area contributed by atoms with Gasteiger partial charge in [-0.2, -0.15) is 0 Å². The lowest BCUT2D eigenvalue weighted by atomic mass is 9.86. The molecule has 1 unspecified atom stereocenters.